The number of alkyl halides is 3. The Bertz CT molecular complexity index is 679. The van der Waals surface area contributed by atoms with Crippen molar-refractivity contribution in [3.05, 3.63) is 71.5 Å². The van der Waals surface area contributed by atoms with Gasteiger partial charge in [-0.15, -0.1) is 5.01 Å². The van der Waals surface area contributed by atoms with Crippen LogP contribution < -0.4 is 0 Å². The lowest BCUT2D eigenvalue weighted by molar-refractivity contribution is -0.321. The van der Waals surface area contributed by atoms with Gasteiger partial charge in [0.2, 0.25) is 0 Å². The maximum Gasteiger partial charge on any atom is 0.473 e. The van der Waals surface area contributed by atoms with Crippen molar-refractivity contribution >= 4 is 0 Å². The van der Waals surface area contributed by atoms with Crippen LogP contribution in [0.3, 0.4) is 0 Å². The second kappa shape index (κ2) is 7.54. The minimum absolute atomic E-state index is 0.0961. The van der Waals surface area contributed by atoms with E-state index in [0.717, 1.165) is 5.56 Å². The smallest absolute Gasteiger partial charge is 0.234 e. The maximum atomic E-state index is 13.5. The van der Waals surface area contributed by atoms with E-state index in [0.29, 0.717) is 36.5 Å². The highest BCUT2D eigenvalue weighted by Gasteiger charge is 2.42. The number of hydrazine groups is 1. The largest absolute Gasteiger partial charge is 0.473 e. The highest BCUT2D eigenvalue weighted by atomic mass is 19.4. The summed E-state index contributed by atoms with van der Waals surface area (Å²) in [6, 6.07) is 15.0. The van der Waals surface area contributed by atoms with Crippen LogP contribution in [0.4, 0.5) is 17.6 Å². The predicted molar refractivity (Wildman–Crippen MR) is 88.0 cm³/mol. The van der Waals surface area contributed by atoms with E-state index in [-0.39, 0.29) is 18.3 Å². The lowest BCUT2D eigenvalue weighted by Crippen LogP contribution is -2.52. The van der Waals surface area contributed by atoms with Crippen LogP contribution in [0.1, 0.15) is 29.9 Å². The molecule has 1 heterocycles. The molecule has 25 heavy (non-hydrogen) atoms. The molecule has 1 aliphatic heterocycles. The van der Waals surface area contributed by atoms with Gasteiger partial charge in [0.25, 0.3) is 0 Å². The zero-order valence-corrected chi connectivity index (χ0v) is 13.7. The molecular formula is C19H20F4N2. The van der Waals surface area contributed by atoms with Crippen molar-refractivity contribution in [3.8, 4) is 0 Å². The molecule has 0 spiro atoms. The SMILES string of the molecule is Fc1cccc(C2CCN(N(Cc3ccccc3)C(F)(F)F)CC2)c1. The Balaban J connectivity index is 1.68. The molecule has 0 N–H and O–H groups in total. The molecule has 0 saturated carbocycles. The average molecular weight is 352 g/mol. The second-order valence-corrected chi connectivity index (χ2v) is 6.29. The van der Waals surface area contributed by atoms with Crippen molar-refractivity contribution < 1.29 is 17.6 Å². The molecule has 0 bridgehead atoms. The molecule has 2 nitrogen and oxygen atoms in total. The van der Waals surface area contributed by atoms with Crippen molar-refractivity contribution in [2.75, 3.05) is 13.1 Å². The van der Waals surface area contributed by atoms with Gasteiger partial charge in [0, 0.05) is 19.6 Å². The maximum absolute atomic E-state index is 13.5. The van der Waals surface area contributed by atoms with E-state index in [9.17, 15) is 17.6 Å². The molecule has 6 heteroatoms. The van der Waals surface area contributed by atoms with Gasteiger partial charge >= 0.3 is 6.30 Å². The van der Waals surface area contributed by atoms with Gasteiger partial charge in [-0.25, -0.2) is 9.40 Å². The molecule has 0 aromatic heterocycles. The number of halogens is 4. The van der Waals surface area contributed by atoms with E-state index in [4.69, 9.17) is 0 Å². The highest BCUT2D eigenvalue weighted by Crippen LogP contribution is 2.33. The molecule has 0 amide bonds. The zero-order valence-electron chi connectivity index (χ0n) is 13.7. The summed E-state index contributed by atoms with van der Waals surface area (Å²) in [6.07, 6.45) is -3.28. The highest BCUT2D eigenvalue weighted by molar-refractivity contribution is 5.21. The third kappa shape index (κ3) is 4.58. The van der Waals surface area contributed by atoms with Crippen molar-refractivity contribution in [1.82, 2.24) is 10.0 Å². The minimum Gasteiger partial charge on any atom is -0.234 e. The van der Waals surface area contributed by atoms with Gasteiger partial charge in [0.05, 0.1) is 0 Å². The molecule has 2 aromatic rings. The van der Waals surface area contributed by atoms with Crippen molar-refractivity contribution in [2.24, 2.45) is 0 Å². The van der Waals surface area contributed by atoms with Crippen LogP contribution in [0.25, 0.3) is 0 Å². The Labute approximate surface area is 144 Å². The number of nitrogens with zero attached hydrogens (tertiary/aromatic N) is 2. The quantitative estimate of drug-likeness (QED) is 0.568. The van der Waals surface area contributed by atoms with Crippen molar-refractivity contribution in [3.63, 3.8) is 0 Å². The molecule has 1 saturated heterocycles. The monoisotopic (exact) mass is 352 g/mol. The third-order valence-electron chi connectivity index (χ3n) is 4.60. The van der Waals surface area contributed by atoms with Gasteiger partial charge in [-0.3, -0.25) is 0 Å². The number of benzene rings is 2. The Morgan fingerprint density at radius 3 is 2.24 bits per heavy atom. The molecule has 1 aliphatic rings. The Hall–Kier alpha value is -1.92. The first-order chi connectivity index (χ1) is 11.9. The molecule has 0 radical (unpaired) electrons. The fourth-order valence-corrected chi connectivity index (χ4v) is 3.31. The van der Waals surface area contributed by atoms with Gasteiger partial charge in [-0.1, -0.05) is 42.5 Å². The number of rotatable bonds is 4. The van der Waals surface area contributed by atoms with E-state index in [1.165, 1.54) is 17.1 Å². The number of piperidine rings is 1. The van der Waals surface area contributed by atoms with E-state index >= 15 is 0 Å². The van der Waals surface area contributed by atoms with E-state index in [1.807, 2.05) is 6.07 Å². The third-order valence-corrected chi connectivity index (χ3v) is 4.60. The van der Waals surface area contributed by atoms with Crippen molar-refractivity contribution in [1.29, 1.82) is 0 Å². The standard InChI is InChI=1S/C19H20F4N2/c20-18-8-4-7-17(13-18)16-9-11-24(12-10-16)25(19(21,22)23)14-15-5-2-1-3-6-15/h1-8,13,16H,9-12,14H2. The second-order valence-electron chi connectivity index (χ2n) is 6.29. The molecule has 134 valence electrons. The van der Waals surface area contributed by atoms with Gasteiger partial charge in [-0.05, 0) is 42.0 Å². The first kappa shape index (κ1) is 17.9. The summed E-state index contributed by atoms with van der Waals surface area (Å²) < 4.78 is 53.9. The van der Waals surface area contributed by atoms with Crippen LogP contribution in [-0.4, -0.2) is 29.4 Å². The van der Waals surface area contributed by atoms with Gasteiger partial charge in [-0.2, -0.15) is 13.2 Å². The Kier molecular flexibility index (Phi) is 5.39. The van der Waals surface area contributed by atoms with Crippen LogP contribution in [0.2, 0.25) is 0 Å². The molecule has 3 rings (SSSR count). The van der Waals surface area contributed by atoms with Crippen LogP contribution in [0.5, 0.6) is 0 Å². The normalized spacial score (nSPS) is 17.2. The summed E-state index contributed by atoms with van der Waals surface area (Å²) in [7, 11) is 0. The summed E-state index contributed by atoms with van der Waals surface area (Å²) in [5.41, 5.74) is 1.48. The summed E-state index contributed by atoms with van der Waals surface area (Å²) in [5.74, 6) is -0.209. The van der Waals surface area contributed by atoms with Gasteiger partial charge < -0.3 is 0 Å². The zero-order chi connectivity index (χ0) is 17.9. The fourth-order valence-electron chi connectivity index (χ4n) is 3.31. The number of hydrogen-bond acceptors (Lipinski definition) is 2. The fraction of sp³-hybridized carbons (Fsp3) is 0.368. The Morgan fingerprint density at radius 2 is 1.64 bits per heavy atom. The molecule has 2 aromatic carbocycles. The van der Waals surface area contributed by atoms with Gasteiger partial charge in [0.1, 0.15) is 5.82 Å². The topological polar surface area (TPSA) is 6.48 Å². The van der Waals surface area contributed by atoms with Crippen LogP contribution in [-0.2, 0) is 6.54 Å². The van der Waals surface area contributed by atoms with Crippen LogP contribution in [0.15, 0.2) is 54.6 Å². The average Bonchev–Trinajstić information content (AvgIpc) is 2.60. The first-order valence-corrected chi connectivity index (χ1v) is 8.32. The predicted octanol–water partition coefficient (Wildman–Crippen LogP) is 4.94. The minimum atomic E-state index is -4.43. The first-order valence-electron chi connectivity index (χ1n) is 8.32. The Morgan fingerprint density at radius 1 is 0.960 bits per heavy atom. The molecule has 0 unspecified atom stereocenters. The van der Waals surface area contributed by atoms with E-state index in [1.54, 1.807) is 36.4 Å². The lowest BCUT2D eigenvalue weighted by Gasteiger charge is -2.40. The summed E-state index contributed by atoms with van der Waals surface area (Å²) in [6.45, 7) is 0.399. The van der Waals surface area contributed by atoms with Crippen LogP contribution >= 0.6 is 0 Å². The molecule has 0 atom stereocenters. The summed E-state index contributed by atoms with van der Waals surface area (Å²) >= 11 is 0. The van der Waals surface area contributed by atoms with E-state index < -0.39 is 6.30 Å². The molecular weight excluding hydrogens is 332 g/mol. The number of hydrogen-bond donors (Lipinski definition) is 0. The lowest BCUT2D eigenvalue weighted by atomic mass is 9.90. The molecule has 1 fully saturated rings. The van der Waals surface area contributed by atoms with E-state index in [2.05, 4.69) is 0 Å². The summed E-state index contributed by atoms with van der Waals surface area (Å²) in [4.78, 5) is 0. The van der Waals surface area contributed by atoms with Gasteiger partial charge in [0.15, 0.2) is 0 Å². The van der Waals surface area contributed by atoms with Crippen LogP contribution in [0, 0.1) is 5.82 Å². The summed E-state index contributed by atoms with van der Waals surface area (Å²) in [5, 5.41) is 1.85. The van der Waals surface area contributed by atoms with Crippen molar-refractivity contribution in [2.45, 2.75) is 31.6 Å². The molecule has 0 aliphatic carbocycles.